The first kappa shape index (κ1) is 10.5. The van der Waals surface area contributed by atoms with Crippen molar-refractivity contribution in [3.05, 3.63) is 51.6 Å². The molecule has 1 aromatic rings. The molecule has 2 rings (SSSR count). The molecular weight excluding hydrogens is 206 g/mol. The largest absolute Gasteiger partial charge is 0.294 e. The first-order valence-corrected chi connectivity index (χ1v) is 5.12. The van der Waals surface area contributed by atoms with Crippen LogP contribution in [0.3, 0.4) is 0 Å². The first-order chi connectivity index (χ1) is 7.68. The molecule has 1 aromatic carbocycles. The number of rotatable bonds is 2. The third-order valence-corrected chi connectivity index (χ3v) is 2.70. The van der Waals surface area contributed by atoms with Crippen LogP contribution < -0.4 is 0 Å². The predicted molar refractivity (Wildman–Crippen MR) is 59.4 cm³/mol. The highest BCUT2D eigenvalue weighted by Gasteiger charge is 2.36. The van der Waals surface area contributed by atoms with Gasteiger partial charge >= 0.3 is 0 Å². The van der Waals surface area contributed by atoms with Crippen LogP contribution in [0.2, 0.25) is 0 Å². The summed E-state index contributed by atoms with van der Waals surface area (Å²) in [6.07, 6.45) is 2.23. The molecule has 1 saturated carbocycles. The molecule has 0 saturated heterocycles. The summed E-state index contributed by atoms with van der Waals surface area (Å²) in [5.41, 5.74) is 1.16. The minimum atomic E-state index is -0.826. The Morgan fingerprint density at radius 3 is 2.62 bits per heavy atom. The van der Waals surface area contributed by atoms with Gasteiger partial charge in [-0.1, -0.05) is 30.3 Å². The van der Waals surface area contributed by atoms with Crippen LogP contribution in [0.1, 0.15) is 18.4 Å². The highest BCUT2D eigenvalue weighted by Crippen LogP contribution is 2.25. The number of hydrogen-bond donors (Lipinski definition) is 0. The maximum atomic E-state index is 11.5. The van der Waals surface area contributed by atoms with Gasteiger partial charge in [-0.2, -0.15) is 0 Å². The smallest absolute Gasteiger partial charge is 0.241 e. The minimum Gasteiger partial charge on any atom is -0.294 e. The Bertz CT molecular complexity index is 451. The predicted octanol–water partition coefficient (Wildman–Crippen LogP) is 2.08. The van der Waals surface area contributed by atoms with Crippen LogP contribution in [0.25, 0.3) is 6.08 Å². The molecule has 0 heterocycles. The SMILES string of the molecule is O=C1CCC([N+](=O)[O-])C1=Cc1ccccc1. The van der Waals surface area contributed by atoms with Crippen LogP contribution in [-0.2, 0) is 4.79 Å². The van der Waals surface area contributed by atoms with Gasteiger partial charge in [0.05, 0.1) is 5.57 Å². The quantitative estimate of drug-likeness (QED) is 0.433. The second kappa shape index (κ2) is 4.26. The van der Waals surface area contributed by atoms with E-state index in [9.17, 15) is 14.9 Å². The van der Waals surface area contributed by atoms with Gasteiger partial charge in [0.1, 0.15) is 0 Å². The van der Waals surface area contributed by atoms with Gasteiger partial charge in [0, 0.05) is 17.8 Å². The van der Waals surface area contributed by atoms with E-state index < -0.39 is 6.04 Å². The molecule has 0 aliphatic heterocycles. The van der Waals surface area contributed by atoms with E-state index in [1.165, 1.54) is 0 Å². The molecule has 0 amide bonds. The number of ketones is 1. The Balaban J connectivity index is 2.34. The summed E-state index contributed by atoms with van der Waals surface area (Å²) >= 11 is 0. The van der Waals surface area contributed by atoms with Gasteiger partial charge in [-0.25, -0.2) is 0 Å². The molecule has 16 heavy (non-hydrogen) atoms. The maximum Gasteiger partial charge on any atom is 0.241 e. The molecule has 0 aromatic heterocycles. The molecule has 0 radical (unpaired) electrons. The molecule has 4 heteroatoms. The van der Waals surface area contributed by atoms with Crippen molar-refractivity contribution >= 4 is 11.9 Å². The van der Waals surface area contributed by atoms with E-state index >= 15 is 0 Å². The summed E-state index contributed by atoms with van der Waals surface area (Å²) in [7, 11) is 0. The molecule has 82 valence electrons. The number of carbonyl (C=O) groups is 1. The molecule has 1 atom stereocenters. The molecule has 1 aliphatic rings. The topological polar surface area (TPSA) is 60.2 Å². The van der Waals surface area contributed by atoms with Crippen LogP contribution in [0, 0.1) is 10.1 Å². The van der Waals surface area contributed by atoms with Crippen molar-refractivity contribution in [1.82, 2.24) is 0 Å². The molecule has 1 unspecified atom stereocenters. The number of Topliss-reactive ketones (excluding diaryl/α,β-unsaturated/α-hetero) is 1. The van der Waals surface area contributed by atoms with E-state index in [0.717, 1.165) is 5.56 Å². The molecule has 0 spiro atoms. The van der Waals surface area contributed by atoms with E-state index in [2.05, 4.69) is 0 Å². The lowest BCUT2D eigenvalue weighted by Gasteiger charge is -2.02. The van der Waals surface area contributed by atoms with Crippen molar-refractivity contribution in [2.45, 2.75) is 18.9 Å². The van der Waals surface area contributed by atoms with Crippen LogP contribution in [0.5, 0.6) is 0 Å². The summed E-state index contributed by atoms with van der Waals surface area (Å²) in [5.74, 6) is -0.106. The summed E-state index contributed by atoms with van der Waals surface area (Å²) < 4.78 is 0. The second-order valence-electron chi connectivity index (χ2n) is 3.77. The van der Waals surface area contributed by atoms with Crippen LogP contribution in [0.15, 0.2) is 35.9 Å². The average Bonchev–Trinajstić information content (AvgIpc) is 2.62. The number of nitrogens with zero attached hydrogens (tertiary/aromatic N) is 1. The van der Waals surface area contributed by atoms with Crippen molar-refractivity contribution < 1.29 is 9.72 Å². The Morgan fingerprint density at radius 2 is 2.00 bits per heavy atom. The van der Waals surface area contributed by atoms with E-state index in [1.807, 2.05) is 30.3 Å². The van der Waals surface area contributed by atoms with Crippen molar-refractivity contribution in [1.29, 1.82) is 0 Å². The summed E-state index contributed by atoms with van der Waals surface area (Å²) in [6.45, 7) is 0. The molecule has 1 aliphatic carbocycles. The minimum absolute atomic E-state index is 0.106. The lowest BCUT2D eigenvalue weighted by atomic mass is 10.1. The Hall–Kier alpha value is -1.97. The summed E-state index contributed by atoms with van der Waals surface area (Å²) in [4.78, 5) is 21.9. The highest BCUT2D eigenvalue weighted by molar-refractivity contribution is 6.02. The van der Waals surface area contributed by atoms with Gasteiger partial charge in [-0.05, 0) is 11.6 Å². The Morgan fingerprint density at radius 1 is 1.31 bits per heavy atom. The standard InChI is InChI=1S/C12H11NO3/c14-12-7-6-11(13(15)16)10(12)8-9-4-2-1-3-5-9/h1-5,8,11H,6-7H2. The van der Waals surface area contributed by atoms with Crippen molar-refractivity contribution in [3.63, 3.8) is 0 Å². The third-order valence-electron chi connectivity index (χ3n) is 2.70. The number of hydrogen-bond acceptors (Lipinski definition) is 3. The fourth-order valence-electron chi connectivity index (χ4n) is 1.88. The number of carbonyl (C=O) groups excluding carboxylic acids is 1. The fourth-order valence-corrected chi connectivity index (χ4v) is 1.88. The molecular formula is C12H11NO3. The van der Waals surface area contributed by atoms with E-state index in [-0.39, 0.29) is 17.1 Å². The molecule has 1 fully saturated rings. The van der Waals surface area contributed by atoms with Crippen molar-refractivity contribution in [2.75, 3.05) is 0 Å². The third kappa shape index (κ3) is 2.00. The second-order valence-corrected chi connectivity index (χ2v) is 3.77. The number of nitro groups is 1. The van der Waals surface area contributed by atoms with Crippen molar-refractivity contribution in [2.24, 2.45) is 0 Å². The first-order valence-electron chi connectivity index (χ1n) is 5.12. The Labute approximate surface area is 92.7 Å². The fraction of sp³-hybridized carbons (Fsp3) is 0.250. The van der Waals surface area contributed by atoms with Gasteiger partial charge in [0.25, 0.3) is 0 Å². The summed E-state index contributed by atoms with van der Waals surface area (Å²) in [6, 6.07) is 8.38. The zero-order chi connectivity index (χ0) is 11.5. The molecule has 0 bridgehead atoms. The average molecular weight is 217 g/mol. The van der Waals surface area contributed by atoms with Crippen LogP contribution >= 0.6 is 0 Å². The zero-order valence-corrected chi connectivity index (χ0v) is 8.63. The number of benzene rings is 1. The highest BCUT2D eigenvalue weighted by atomic mass is 16.6. The van der Waals surface area contributed by atoms with Gasteiger partial charge in [-0.15, -0.1) is 0 Å². The zero-order valence-electron chi connectivity index (χ0n) is 8.63. The molecule has 0 N–H and O–H groups in total. The lowest BCUT2D eigenvalue weighted by Crippen LogP contribution is -2.18. The monoisotopic (exact) mass is 217 g/mol. The van der Waals surface area contributed by atoms with E-state index in [4.69, 9.17) is 0 Å². The van der Waals surface area contributed by atoms with E-state index in [0.29, 0.717) is 12.0 Å². The van der Waals surface area contributed by atoms with Crippen LogP contribution in [0.4, 0.5) is 0 Å². The van der Waals surface area contributed by atoms with Crippen molar-refractivity contribution in [3.8, 4) is 0 Å². The van der Waals surface area contributed by atoms with Gasteiger partial charge < -0.3 is 0 Å². The maximum absolute atomic E-state index is 11.5. The lowest BCUT2D eigenvalue weighted by molar-refractivity contribution is -0.509. The Kier molecular flexibility index (Phi) is 2.81. The van der Waals surface area contributed by atoms with Gasteiger partial charge in [0.2, 0.25) is 6.04 Å². The van der Waals surface area contributed by atoms with Gasteiger partial charge in [-0.3, -0.25) is 14.9 Å². The molecule has 4 nitrogen and oxygen atoms in total. The van der Waals surface area contributed by atoms with E-state index in [1.54, 1.807) is 6.08 Å². The normalized spacial score (nSPS) is 22.6. The van der Waals surface area contributed by atoms with Gasteiger partial charge in [0.15, 0.2) is 5.78 Å². The summed E-state index contributed by atoms with van der Waals surface area (Å²) in [5, 5.41) is 10.8. The van der Waals surface area contributed by atoms with Crippen LogP contribution in [-0.4, -0.2) is 16.7 Å².